The van der Waals surface area contributed by atoms with Crippen LogP contribution in [-0.4, -0.2) is 36.1 Å². The maximum Gasteiger partial charge on any atom is 0.118 e. The Morgan fingerprint density at radius 3 is 2.56 bits per heavy atom. The Morgan fingerprint density at radius 1 is 1.16 bits per heavy atom. The van der Waals surface area contributed by atoms with Crippen molar-refractivity contribution >= 4 is 16.6 Å². The quantitative estimate of drug-likeness (QED) is 0.746. The Morgan fingerprint density at radius 2 is 1.88 bits per heavy atom. The van der Waals surface area contributed by atoms with Gasteiger partial charge in [0.1, 0.15) is 5.75 Å². The van der Waals surface area contributed by atoms with Crippen molar-refractivity contribution in [3.63, 3.8) is 0 Å². The predicted molar refractivity (Wildman–Crippen MR) is 103 cm³/mol. The molecule has 0 aliphatic carbocycles. The average Bonchev–Trinajstić information content (AvgIpc) is 3.00. The van der Waals surface area contributed by atoms with Gasteiger partial charge in [-0.2, -0.15) is 0 Å². The molecule has 130 valence electrons. The highest BCUT2D eigenvalue weighted by molar-refractivity contribution is 6.15. The van der Waals surface area contributed by atoms with Crippen LogP contribution in [0.3, 0.4) is 0 Å². The highest BCUT2D eigenvalue weighted by atomic mass is 16.5. The lowest BCUT2D eigenvalue weighted by Gasteiger charge is -2.14. The Hall–Kier alpha value is -2.59. The van der Waals surface area contributed by atoms with Crippen LogP contribution in [0.1, 0.15) is 29.3 Å². The third kappa shape index (κ3) is 3.44. The summed E-state index contributed by atoms with van der Waals surface area (Å²) in [6.07, 6.45) is 0.998. The molecule has 4 heteroatoms. The van der Waals surface area contributed by atoms with E-state index in [1.54, 1.807) is 14.0 Å². The minimum Gasteiger partial charge on any atom is -0.497 e. The van der Waals surface area contributed by atoms with Crippen LogP contribution in [0.25, 0.3) is 10.9 Å². The van der Waals surface area contributed by atoms with E-state index < -0.39 is 0 Å². The molecule has 1 aliphatic heterocycles. The van der Waals surface area contributed by atoms with E-state index in [0.29, 0.717) is 0 Å². The molecule has 2 aromatic carbocycles. The molecule has 0 spiro atoms. The SMILES string of the molecule is CCO.COc1ccc(C2=NCCc3c2[nH]c2ccc(C)cc32)cc1. The van der Waals surface area contributed by atoms with Gasteiger partial charge in [0.25, 0.3) is 0 Å². The summed E-state index contributed by atoms with van der Waals surface area (Å²) in [5.41, 5.74) is 7.22. The van der Waals surface area contributed by atoms with E-state index in [0.717, 1.165) is 35.7 Å². The number of aryl methyl sites for hydroxylation is 1. The monoisotopic (exact) mass is 336 g/mol. The van der Waals surface area contributed by atoms with Crippen molar-refractivity contribution in [2.24, 2.45) is 4.99 Å². The number of nitrogens with zero attached hydrogens (tertiary/aromatic N) is 1. The van der Waals surface area contributed by atoms with Gasteiger partial charge in [0.2, 0.25) is 0 Å². The summed E-state index contributed by atoms with van der Waals surface area (Å²) in [6.45, 7) is 4.91. The smallest absolute Gasteiger partial charge is 0.118 e. The van der Waals surface area contributed by atoms with Gasteiger partial charge in [-0.25, -0.2) is 0 Å². The van der Waals surface area contributed by atoms with E-state index in [2.05, 4.69) is 42.2 Å². The normalized spacial score (nSPS) is 12.9. The van der Waals surface area contributed by atoms with Crippen LogP contribution in [0.2, 0.25) is 0 Å². The maximum absolute atomic E-state index is 7.57. The minimum atomic E-state index is 0.250. The largest absolute Gasteiger partial charge is 0.497 e. The summed E-state index contributed by atoms with van der Waals surface area (Å²) >= 11 is 0. The van der Waals surface area contributed by atoms with E-state index in [1.807, 2.05) is 12.1 Å². The number of nitrogens with one attached hydrogen (secondary N) is 1. The van der Waals surface area contributed by atoms with E-state index >= 15 is 0 Å². The number of hydrogen-bond acceptors (Lipinski definition) is 3. The topological polar surface area (TPSA) is 57.6 Å². The van der Waals surface area contributed by atoms with Crippen LogP contribution in [-0.2, 0) is 6.42 Å². The van der Waals surface area contributed by atoms with Crippen molar-refractivity contribution in [2.75, 3.05) is 20.3 Å². The number of fused-ring (bicyclic) bond motifs is 3. The van der Waals surface area contributed by atoms with Crippen molar-refractivity contribution in [2.45, 2.75) is 20.3 Å². The fraction of sp³-hybridized carbons (Fsp3) is 0.286. The number of aromatic amines is 1. The molecule has 0 atom stereocenters. The molecule has 0 saturated heterocycles. The third-order valence-corrected chi connectivity index (χ3v) is 4.29. The molecule has 0 bridgehead atoms. The standard InChI is InChI=1S/C19H18N2O.C2H6O/c1-12-3-8-17-16(11-12)15-9-10-20-18(19(15)21-17)13-4-6-14(22-2)7-5-13;1-2-3/h3-8,11,21H,9-10H2,1-2H3;3H,2H2,1H3. The zero-order valence-electron chi connectivity index (χ0n) is 15.0. The lowest BCUT2D eigenvalue weighted by Crippen LogP contribution is -2.13. The Kier molecular flexibility index (Phi) is 5.19. The average molecular weight is 336 g/mol. The number of rotatable bonds is 2. The van der Waals surface area contributed by atoms with Gasteiger partial charge in [-0.05, 0) is 62.2 Å². The van der Waals surface area contributed by atoms with Crippen molar-refractivity contribution in [1.29, 1.82) is 0 Å². The number of methoxy groups -OCH3 is 1. The summed E-state index contributed by atoms with van der Waals surface area (Å²) in [5.74, 6) is 0.868. The van der Waals surface area contributed by atoms with Crippen molar-refractivity contribution in [3.05, 3.63) is 64.8 Å². The summed E-state index contributed by atoms with van der Waals surface area (Å²) < 4.78 is 5.24. The van der Waals surface area contributed by atoms with E-state index in [9.17, 15) is 0 Å². The molecule has 1 aromatic heterocycles. The number of ether oxygens (including phenoxy) is 1. The second-order valence-corrected chi connectivity index (χ2v) is 6.05. The van der Waals surface area contributed by atoms with Crippen molar-refractivity contribution in [3.8, 4) is 5.75 Å². The number of aliphatic hydroxyl groups excluding tert-OH is 1. The molecule has 25 heavy (non-hydrogen) atoms. The number of H-pyrrole nitrogens is 1. The summed E-state index contributed by atoms with van der Waals surface area (Å²) in [4.78, 5) is 8.32. The van der Waals surface area contributed by atoms with Gasteiger partial charge in [0.15, 0.2) is 0 Å². The van der Waals surface area contributed by atoms with Crippen LogP contribution in [0.5, 0.6) is 5.75 Å². The lowest BCUT2D eigenvalue weighted by molar-refractivity contribution is 0.318. The second kappa shape index (κ2) is 7.53. The zero-order chi connectivity index (χ0) is 17.8. The number of aliphatic imine (C=N–C) groups is 1. The van der Waals surface area contributed by atoms with Crippen molar-refractivity contribution in [1.82, 2.24) is 4.98 Å². The van der Waals surface area contributed by atoms with Crippen LogP contribution in [0, 0.1) is 6.92 Å². The lowest BCUT2D eigenvalue weighted by atomic mass is 9.97. The molecule has 4 rings (SSSR count). The molecule has 0 radical (unpaired) electrons. The van der Waals surface area contributed by atoms with Gasteiger partial charge in [-0.15, -0.1) is 0 Å². The number of aromatic nitrogens is 1. The zero-order valence-corrected chi connectivity index (χ0v) is 15.0. The van der Waals surface area contributed by atoms with Crippen LogP contribution in [0.15, 0.2) is 47.5 Å². The Labute approximate surface area is 148 Å². The first-order valence-corrected chi connectivity index (χ1v) is 8.59. The highest BCUT2D eigenvalue weighted by Gasteiger charge is 2.20. The first kappa shape index (κ1) is 17.2. The summed E-state index contributed by atoms with van der Waals surface area (Å²) in [5, 5.41) is 8.90. The van der Waals surface area contributed by atoms with E-state index in [-0.39, 0.29) is 6.61 Å². The molecule has 2 N–H and O–H groups in total. The van der Waals surface area contributed by atoms with Gasteiger partial charge in [-0.1, -0.05) is 11.6 Å². The predicted octanol–water partition coefficient (Wildman–Crippen LogP) is 3.88. The van der Waals surface area contributed by atoms with Crippen LogP contribution < -0.4 is 4.74 Å². The van der Waals surface area contributed by atoms with E-state index in [4.69, 9.17) is 14.8 Å². The van der Waals surface area contributed by atoms with Crippen molar-refractivity contribution < 1.29 is 9.84 Å². The molecule has 0 saturated carbocycles. The third-order valence-electron chi connectivity index (χ3n) is 4.29. The highest BCUT2D eigenvalue weighted by Crippen LogP contribution is 2.29. The Balaban J connectivity index is 0.000000569. The Bertz CT molecular complexity index is 892. The number of aliphatic hydroxyl groups is 1. The molecule has 0 fully saturated rings. The first-order chi connectivity index (χ1) is 12.2. The fourth-order valence-electron chi connectivity index (χ4n) is 3.17. The molecule has 0 amide bonds. The second-order valence-electron chi connectivity index (χ2n) is 6.05. The molecular formula is C21H24N2O2. The maximum atomic E-state index is 7.57. The molecule has 4 nitrogen and oxygen atoms in total. The fourth-order valence-corrected chi connectivity index (χ4v) is 3.17. The molecule has 2 heterocycles. The van der Waals surface area contributed by atoms with Gasteiger partial charge in [-0.3, -0.25) is 4.99 Å². The van der Waals surface area contributed by atoms with Crippen LogP contribution in [0.4, 0.5) is 0 Å². The minimum absolute atomic E-state index is 0.250. The molecule has 1 aliphatic rings. The summed E-state index contributed by atoms with van der Waals surface area (Å²) in [6, 6.07) is 14.7. The molecule has 0 unspecified atom stereocenters. The summed E-state index contributed by atoms with van der Waals surface area (Å²) in [7, 11) is 1.69. The van der Waals surface area contributed by atoms with Gasteiger partial charge < -0.3 is 14.8 Å². The molecular weight excluding hydrogens is 312 g/mol. The van der Waals surface area contributed by atoms with E-state index in [1.165, 1.54) is 22.0 Å². The van der Waals surface area contributed by atoms with Gasteiger partial charge in [0.05, 0.1) is 18.5 Å². The molecule has 3 aromatic rings. The first-order valence-electron chi connectivity index (χ1n) is 8.59. The number of hydrogen-bond donors (Lipinski definition) is 2. The van der Waals surface area contributed by atoms with Gasteiger partial charge in [0, 0.05) is 29.6 Å². The van der Waals surface area contributed by atoms with Gasteiger partial charge >= 0.3 is 0 Å². The number of benzene rings is 2. The van der Waals surface area contributed by atoms with Crippen LogP contribution >= 0.6 is 0 Å².